The topological polar surface area (TPSA) is 56.1 Å². The molecule has 0 aliphatic rings. The Labute approximate surface area is 156 Å². The molecule has 0 atom stereocenters. The highest BCUT2D eigenvalue weighted by atomic mass is 16.5. The maximum absolute atomic E-state index is 12.5. The van der Waals surface area contributed by atoms with Crippen LogP contribution in [0.2, 0.25) is 0 Å². The Morgan fingerprint density at radius 1 is 0.926 bits per heavy atom. The minimum atomic E-state index is -0.146. The highest BCUT2D eigenvalue weighted by Crippen LogP contribution is 2.22. The molecule has 0 unspecified atom stereocenters. The van der Waals surface area contributed by atoms with Gasteiger partial charge in [0.1, 0.15) is 18.1 Å². The van der Waals surface area contributed by atoms with Crippen LogP contribution in [0, 0.1) is 0 Å². The first-order chi connectivity index (χ1) is 13.2. The zero-order chi connectivity index (χ0) is 18.6. The molecule has 1 aromatic heterocycles. The Morgan fingerprint density at radius 3 is 2.52 bits per heavy atom. The molecule has 3 aromatic carbocycles. The molecule has 0 aliphatic heterocycles. The van der Waals surface area contributed by atoms with Gasteiger partial charge in [-0.25, -0.2) is 4.98 Å². The van der Waals surface area contributed by atoms with E-state index < -0.39 is 0 Å². The number of fused-ring (bicyclic) bond motifs is 1. The summed E-state index contributed by atoms with van der Waals surface area (Å²) in [5.74, 6) is 0.674. The van der Waals surface area contributed by atoms with Crippen molar-refractivity contribution in [3.63, 3.8) is 0 Å². The molecule has 4 aromatic rings. The fourth-order valence-corrected chi connectivity index (χ4v) is 2.94. The van der Waals surface area contributed by atoms with E-state index in [2.05, 4.69) is 10.3 Å². The Bertz CT molecular complexity index is 1140. The second-order valence-electron chi connectivity index (χ2n) is 6.22. The van der Waals surface area contributed by atoms with Crippen LogP contribution in [0.4, 0.5) is 11.4 Å². The van der Waals surface area contributed by atoms with Crippen molar-refractivity contribution in [3.05, 3.63) is 94.9 Å². The molecule has 4 rings (SSSR count). The lowest BCUT2D eigenvalue weighted by atomic mass is 10.2. The number of nitrogens with zero attached hydrogens (tertiary/aromatic N) is 2. The molecule has 0 saturated carbocycles. The van der Waals surface area contributed by atoms with Crippen LogP contribution in [0.25, 0.3) is 11.0 Å². The quantitative estimate of drug-likeness (QED) is 0.580. The first-order valence-corrected chi connectivity index (χ1v) is 8.70. The van der Waals surface area contributed by atoms with Crippen LogP contribution in [-0.2, 0) is 13.7 Å². The van der Waals surface area contributed by atoms with E-state index in [4.69, 9.17) is 4.74 Å². The van der Waals surface area contributed by atoms with Crippen LogP contribution >= 0.6 is 0 Å². The van der Waals surface area contributed by atoms with Crippen molar-refractivity contribution >= 4 is 22.4 Å². The van der Waals surface area contributed by atoms with Gasteiger partial charge in [0.2, 0.25) is 0 Å². The van der Waals surface area contributed by atoms with E-state index in [-0.39, 0.29) is 12.2 Å². The molecule has 0 aliphatic carbocycles. The van der Waals surface area contributed by atoms with Gasteiger partial charge in [-0.15, -0.1) is 0 Å². The Kier molecular flexibility index (Phi) is 4.58. The summed E-state index contributed by atoms with van der Waals surface area (Å²) in [5.41, 5.74) is 3.74. The van der Waals surface area contributed by atoms with Crippen LogP contribution in [-0.4, -0.2) is 9.55 Å². The Balaban J connectivity index is 1.54. The highest BCUT2D eigenvalue weighted by molar-refractivity contribution is 5.74. The second-order valence-corrected chi connectivity index (χ2v) is 6.22. The van der Waals surface area contributed by atoms with E-state index in [0.717, 1.165) is 22.4 Å². The van der Waals surface area contributed by atoms with Gasteiger partial charge in [0.15, 0.2) is 0 Å². The van der Waals surface area contributed by atoms with Gasteiger partial charge < -0.3 is 14.6 Å². The van der Waals surface area contributed by atoms with Gasteiger partial charge in [0, 0.05) is 24.5 Å². The average molecular weight is 357 g/mol. The van der Waals surface area contributed by atoms with Crippen molar-refractivity contribution in [2.45, 2.75) is 6.61 Å². The molecule has 0 fully saturated rings. The molecule has 0 radical (unpaired) electrons. The van der Waals surface area contributed by atoms with Gasteiger partial charge in [-0.05, 0) is 36.4 Å². The number of hydrogen-bond donors (Lipinski definition) is 1. The molecule has 0 saturated heterocycles. The lowest BCUT2D eigenvalue weighted by Crippen LogP contribution is -2.24. The maximum Gasteiger partial charge on any atom is 0.276 e. The van der Waals surface area contributed by atoms with Crippen molar-refractivity contribution in [2.75, 3.05) is 5.32 Å². The fraction of sp³-hybridized carbons (Fsp3) is 0.0909. The number of aromatic nitrogens is 2. The first-order valence-electron chi connectivity index (χ1n) is 8.70. The molecule has 1 heterocycles. The largest absolute Gasteiger partial charge is 0.487 e. The normalized spacial score (nSPS) is 10.7. The predicted molar refractivity (Wildman–Crippen MR) is 107 cm³/mol. The van der Waals surface area contributed by atoms with E-state index in [1.54, 1.807) is 11.6 Å². The van der Waals surface area contributed by atoms with Crippen molar-refractivity contribution in [2.24, 2.45) is 7.05 Å². The molecule has 0 bridgehead atoms. The summed E-state index contributed by atoms with van der Waals surface area (Å²) in [5, 5.41) is 3.33. The van der Waals surface area contributed by atoms with E-state index >= 15 is 0 Å². The van der Waals surface area contributed by atoms with Gasteiger partial charge in [-0.1, -0.05) is 36.4 Å². The smallest absolute Gasteiger partial charge is 0.276 e. The summed E-state index contributed by atoms with van der Waals surface area (Å²) in [6.07, 6.45) is 0. The third kappa shape index (κ3) is 3.67. The Hall–Kier alpha value is -3.60. The van der Waals surface area contributed by atoms with E-state index in [0.29, 0.717) is 11.4 Å². The van der Waals surface area contributed by atoms with Crippen molar-refractivity contribution in [3.8, 4) is 5.75 Å². The van der Waals surface area contributed by atoms with E-state index in [1.165, 1.54) is 0 Å². The number of rotatable bonds is 5. The summed E-state index contributed by atoms with van der Waals surface area (Å²) in [6.45, 7) is 0.117. The first kappa shape index (κ1) is 16.8. The number of aryl methyl sites for hydroxylation is 1. The van der Waals surface area contributed by atoms with Crippen LogP contribution < -0.4 is 15.6 Å². The molecule has 5 heteroatoms. The molecular formula is C22H19N3O2. The number of anilines is 2. The number of nitrogens with one attached hydrogen (secondary N) is 1. The monoisotopic (exact) mass is 357 g/mol. The van der Waals surface area contributed by atoms with Gasteiger partial charge in [-0.2, -0.15) is 0 Å². The van der Waals surface area contributed by atoms with Crippen LogP contribution in [0.1, 0.15) is 5.69 Å². The van der Waals surface area contributed by atoms with Crippen LogP contribution in [0.15, 0.2) is 83.7 Å². The maximum atomic E-state index is 12.5. The zero-order valence-corrected chi connectivity index (χ0v) is 14.9. The van der Waals surface area contributed by atoms with Gasteiger partial charge in [-0.3, -0.25) is 4.79 Å². The summed E-state index contributed by atoms with van der Waals surface area (Å²) in [4.78, 5) is 17.0. The van der Waals surface area contributed by atoms with Gasteiger partial charge >= 0.3 is 0 Å². The standard InChI is InChI=1S/C22H19N3O2/c1-25-21-13-6-5-12-19(21)24-20(22(25)26)15-27-18-11-7-10-17(14-18)23-16-8-3-2-4-9-16/h2-14,23H,15H2,1H3. The highest BCUT2D eigenvalue weighted by Gasteiger charge is 2.09. The second kappa shape index (κ2) is 7.33. The third-order valence-electron chi connectivity index (χ3n) is 4.32. The summed E-state index contributed by atoms with van der Waals surface area (Å²) in [7, 11) is 1.75. The van der Waals surface area contributed by atoms with Gasteiger partial charge in [0.25, 0.3) is 5.56 Å². The van der Waals surface area contributed by atoms with Crippen LogP contribution in [0.5, 0.6) is 5.75 Å². The molecule has 27 heavy (non-hydrogen) atoms. The number of hydrogen-bond acceptors (Lipinski definition) is 4. The molecule has 0 amide bonds. The summed E-state index contributed by atoms with van der Waals surface area (Å²) < 4.78 is 7.44. The minimum Gasteiger partial charge on any atom is -0.487 e. The fourth-order valence-electron chi connectivity index (χ4n) is 2.94. The van der Waals surface area contributed by atoms with E-state index in [9.17, 15) is 4.79 Å². The minimum absolute atomic E-state index is 0.117. The SMILES string of the molecule is Cn1c(=O)c(COc2cccc(Nc3ccccc3)c2)nc2ccccc21. The molecular weight excluding hydrogens is 338 g/mol. The summed E-state index contributed by atoms with van der Waals surface area (Å²) >= 11 is 0. The lowest BCUT2D eigenvalue weighted by molar-refractivity contribution is 0.299. The number of para-hydroxylation sites is 3. The Morgan fingerprint density at radius 2 is 1.67 bits per heavy atom. The van der Waals surface area contributed by atoms with Crippen molar-refractivity contribution < 1.29 is 4.74 Å². The molecule has 0 spiro atoms. The van der Waals surface area contributed by atoms with Crippen LogP contribution in [0.3, 0.4) is 0 Å². The third-order valence-corrected chi connectivity index (χ3v) is 4.32. The molecule has 1 N–H and O–H groups in total. The van der Waals surface area contributed by atoms with Crippen molar-refractivity contribution in [1.29, 1.82) is 0 Å². The van der Waals surface area contributed by atoms with E-state index in [1.807, 2.05) is 78.9 Å². The zero-order valence-electron chi connectivity index (χ0n) is 14.9. The lowest BCUT2D eigenvalue weighted by Gasteiger charge is -2.11. The number of ether oxygens (including phenoxy) is 1. The average Bonchev–Trinajstić information content (AvgIpc) is 2.71. The molecule has 134 valence electrons. The predicted octanol–water partition coefficient (Wildman–Crippen LogP) is 4.26. The summed E-state index contributed by atoms with van der Waals surface area (Å²) in [6, 6.07) is 25.1. The van der Waals surface area contributed by atoms with Gasteiger partial charge in [0.05, 0.1) is 11.0 Å². The number of benzene rings is 3. The van der Waals surface area contributed by atoms with Crippen molar-refractivity contribution in [1.82, 2.24) is 9.55 Å². The molecule has 5 nitrogen and oxygen atoms in total.